The number of carbonyl (C=O) groups is 1. The number of hydrogen-bond donors (Lipinski definition) is 2. The largest absolute Gasteiger partial charge is 0.504 e. The van der Waals surface area contributed by atoms with E-state index in [9.17, 15) is 9.90 Å². The van der Waals surface area contributed by atoms with Crippen molar-refractivity contribution in [2.45, 2.75) is 12.5 Å². The van der Waals surface area contributed by atoms with E-state index in [1.54, 1.807) is 30.5 Å². The lowest BCUT2D eigenvalue weighted by Crippen LogP contribution is -2.36. The molecule has 0 saturated carbocycles. The third-order valence-electron chi connectivity index (χ3n) is 2.70. The van der Waals surface area contributed by atoms with E-state index in [-0.39, 0.29) is 11.7 Å². The van der Waals surface area contributed by atoms with Crippen LogP contribution in [0.2, 0.25) is 0 Å². The van der Waals surface area contributed by atoms with Crippen molar-refractivity contribution in [3.05, 3.63) is 48.7 Å². The molecule has 0 aliphatic carbocycles. The second-order valence-corrected chi connectivity index (χ2v) is 4.05. The van der Waals surface area contributed by atoms with Gasteiger partial charge in [-0.2, -0.15) is 0 Å². The molecule has 1 aromatic carbocycles. The van der Waals surface area contributed by atoms with Crippen molar-refractivity contribution >= 4 is 5.97 Å². The minimum absolute atomic E-state index is 0.0605. The molecule has 0 aromatic heterocycles. The minimum Gasteiger partial charge on any atom is -0.504 e. The topological polar surface area (TPSA) is 67.8 Å². The second kappa shape index (κ2) is 7.89. The first kappa shape index (κ1) is 15.6. The number of phenolic OH excluding ortho intramolecular Hbond substituents is 1. The van der Waals surface area contributed by atoms with Crippen molar-refractivity contribution in [1.82, 2.24) is 5.32 Å². The van der Waals surface area contributed by atoms with E-state index in [1.165, 1.54) is 20.3 Å². The maximum absolute atomic E-state index is 11.7. The normalized spacial score (nSPS) is 11.9. The van der Waals surface area contributed by atoms with Gasteiger partial charge in [-0.1, -0.05) is 18.7 Å². The van der Waals surface area contributed by atoms with Crippen LogP contribution in [0.3, 0.4) is 0 Å². The number of esters is 1. The average molecular weight is 277 g/mol. The molecule has 2 N–H and O–H groups in total. The molecule has 1 unspecified atom stereocenters. The summed E-state index contributed by atoms with van der Waals surface area (Å²) < 4.78 is 9.79. The summed E-state index contributed by atoms with van der Waals surface area (Å²) in [6, 6.07) is 4.42. The van der Waals surface area contributed by atoms with Gasteiger partial charge >= 0.3 is 5.97 Å². The zero-order valence-electron chi connectivity index (χ0n) is 11.6. The van der Waals surface area contributed by atoms with E-state index in [2.05, 4.69) is 11.9 Å². The Hall–Kier alpha value is -2.43. The first-order valence-electron chi connectivity index (χ1n) is 6.09. The Balaban J connectivity index is 2.85. The highest BCUT2D eigenvalue weighted by atomic mass is 16.5. The van der Waals surface area contributed by atoms with Gasteiger partial charge in [0.1, 0.15) is 6.04 Å². The molecule has 108 valence electrons. The maximum Gasteiger partial charge on any atom is 0.328 e. The molecule has 0 spiro atoms. The Morgan fingerprint density at radius 1 is 1.50 bits per heavy atom. The summed E-state index contributed by atoms with van der Waals surface area (Å²) in [4.78, 5) is 11.7. The Bertz CT molecular complexity index is 497. The number of hydrogen-bond acceptors (Lipinski definition) is 5. The fourth-order valence-corrected chi connectivity index (χ4v) is 1.68. The van der Waals surface area contributed by atoms with Gasteiger partial charge in [0.2, 0.25) is 0 Å². The van der Waals surface area contributed by atoms with Crippen molar-refractivity contribution in [3.63, 3.8) is 0 Å². The van der Waals surface area contributed by atoms with Gasteiger partial charge in [-0.05, 0) is 30.0 Å². The monoisotopic (exact) mass is 277 g/mol. The standard InChI is InChI=1S/C15H19NO4/c1-4-5-8-16-12(15(18)20-3)9-11-6-7-13(17)14(10-11)19-2/h4-8,10,12,16-17H,1,9H2,2-3H3/b8-5-. The summed E-state index contributed by atoms with van der Waals surface area (Å²) in [6.07, 6.45) is 5.33. The van der Waals surface area contributed by atoms with Crippen molar-refractivity contribution in [1.29, 1.82) is 0 Å². The van der Waals surface area contributed by atoms with E-state index in [0.29, 0.717) is 12.2 Å². The van der Waals surface area contributed by atoms with Crippen LogP contribution in [0.1, 0.15) is 5.56 Å². The zero-order chi connectivity index (χ0) is 15.0. The molecule has 0 fully saturated rings. The molecular weight excluding hydrogens is 258 g/mol. The van der Waals surface area contributed by atoms with Crippen molar-refractivity contribution < 1.29 is 19.4 Å². The molecule has 1 rings (SSSR count). The van der Waals surface area contributed by atoms with Crippen LogP contribution in [0.25, 0.3) is 0 Å². The fraction of sp³-hybridized carbons (Fsp3) is 0.267. The Morgan fingerprint density at radius 3 is 2.85 bits per heavy atom. The summed E-state index contributed by atoms with van der Waals surface area (Å²) >= 11 is 0. The summed E-state index contributed by atoms with van der Waals surface area (Å²) in [6.45, 7) is 3.55. The quantitative estimate of drug-likeness (QED) is 0.587. The Morgan fingerprint density at radius 2 is 2.25 bits per heavy atom. The van der Waals surface area contributed by atoms with E-state index in [0.717, 1.165) is 5.56 Å². The SMILES string of the molecule is C=C/C=C\NC(Cc1ccc(O)c(OC)c1)C(=O)OC. The van der Waals surface area contributed by atoms with Crippen LogP contribution in [-0.2, 0) is 16.0 Å². The highest BCUT2D eigenvalue weighted by Gasteiger charge is 2.18. The zero-order valence-corrected chi connectivity index (χ0v) is 11.6. The average Bonchev–Trinajstić information content (AvgIpc) is 2.47. The lowest BCUT2D eigenvalue weighted by molar-refractivity contribution is -0.142. The van der Waals surface area contributed by atoms with Gasteiger partial charge in [-0.25, -0.2) is 4.79 Å². The van der Waals surface area contributed by atoms with Crippen LogP contribution in [0.15, 0.2) is 43.1 Å². The summed E-state index contributed by atoms with van der Waals surface area (Å²) in [7, 11) is 2.81. The van der Waals surface area contributed by atoms with Gasteiger partial charge in [-0.15, -0.1) is 0 Å². The van der Waals surface area contributed by atoms with Crippen LogP contribution in [0.4, 0.5) is 0 Å². The number of ether oxygens (including phenoxy) is 2. The number of allylic oxidation sites excluding steroid dienone is 2. The lowest BCUT2D eigenvalue weighted by Gasteiger charge is -2.15. The molecule has 0 bridgehead atoms. The maximum atomic E-state index is 11.7. The summed E-state index contributed by atoms with van der Waals surface area (Å²) in [5.41, 5.74) is 0.842. The third-order valence-corrected chi connectivity index (χ3v) is 2.70. The van der Waals surface area contributed by atoms with Crippen LogP contribution in [0.5, 0.6) is 11.5 Å². The van der Waals surface area contributed by atoms with Crippen LogP contribution in [-0.4, -0.2) is 31.3 Å². The van der Waals surface area contributed by atoms with Crippen LogP contribution < -0.4 is 10.1 Å². The minimum atomic E-state index is -0.523. The molecule has 5 nitrogen and oxygen atoms in total. The molecule has 0 aliphatic rings. The van der Waals surface area contributed by atoms with Gasteiger partial charge in [0.25, 0.3) is 0 Å². The summed E-state index contributed by atoms with van der Waals surface area (Å²) in [5.74, 6) is 0.0592. The number of benzene rings is 1. The third kappa shape index (κ3) is 4.35. The molecule has 20 heavy (non-hydrogen) atoms. The lowest BCUT2D eigenvalue weighted by atomic mass is 10.1. The van der Waals surface area contributed by atoms with Gasteiger partial charge in [-0.3, -0.25) is 0 Å². The molecule has 0 aliphatic heterocycles. The van der Waals surface area contributed by atoms with Gasteiger partial charge in [0.15, 0.2) is 11.5 Å². The van der Waals surface area contributed by atoms with Crippen molar-refractivity contribution in [2.75, 3.05) is 14.2 Å². The van der Waals surface area contributed by atoms with E-state index in [1.807, 2.05) is 0 Å². The number of aromatic hydroxyl groups is 1. The van der Waals surface area contributed by atoms with Gasteiger partial charge in [0, 0.05) is 6.42 Å². The molecule has 1 atom stereocenters. The van der Waals surface area contributed by atoms with Gasteiger partial charge in [0.05, 0.1) is 14.2 Å². The number of nitrogens with one attached hydrogen (secondary N) is 1. The van der Waals surface area contributed by atoms with Crippen LogP contribution >= 0.6 is 0 Å². The molecule has 0 radical (unpaired) electrons. The first-order chi connectivity index (χ1) is 9.62. The first-order valence-corrected chi connectivity index (χ1v) is 6.09. The number of carbonyl (C=O) groups excluding carboxylic acids is 1. The van der Waals surface area contributed by atoms with Gasteiger partial charge < -0.3 is 19.9 Å². The number of phenols is 1. The van der Waals surface area contributed by atoms with Crippen LogP contribution in [0, 0.1) is 0 Å². The predicted molar refractivity (Wildman–Crippen MR) is 76.6 cm³/mol. The summed E-state index contributed by atoms with van der Waals surface area (Å²) in [5, 5.41) is 12.5. The molecule has 0 amide bonds. The highest BCUT2D eigenvalue weighted by Crippen LogP contribution is 2.26. The molecule has 1 aromatic rings. The smallest absolute Gasteiger partial charge is 0.328 e. The highest BCUT2D eigenvalue weighted by molar-refractivity contribution is 5.76. The molecule has 0 heterocycles. The fourth-order valence-electron chi connectivity index (χ4n) is 1.68. The molecule has 5 heteroatoms. The second-order valence-electron chi connectivity index (χ2n) is 4.05. The number of methoxy groups -OCH3 is 2. The molecule has 0 saturated heterocycles. The van der Waals surface area contributed by atoms with Crippen molar-refractivity contribution in [3.8, 4) is 11.5 Å². The number of rotatable bonds is 7. The Kier molecular flexibility index (Phi) is 6.16. The van der Waals surface area contributed by atoms with E-state index < -0.39 is 6.04 Å². The Labute approximate surface area is 118 Å². The van der Waals surface area contributed by atoms with E-state index in [4.69, 9.17) is 9.47 Å². The predicted octanol–water partition coefficient (Wildman–Crippen LogP) is 1.77. The van der Waals surface area contributed by atoms with Crippen molar-refractivity contribution in [2.24, 2.45) is 0 Å². The molecular formula is C15H19NO4. The van der Waals surface area contributed by atoms with E-state index >= 15 is 0 Å².